The first-order valence-electron chi connectivity index (χ1n) is 9.59. The highest BCUT2D eigenvalue weighted by Crippen LogP contribution is 2.35. The van der Waals surface area contributed by atoms with Crippen molar-refractivity contribution in [1.29, 1.82) is 5.26 Å². The molecule has 1 aliphatic rings. The van der Waals surface area contributed by atoms with Crippen LogP contribution in [0.1, 0.15) is 26.3 Å². The summed E-state index contributed by atoms with van der Waals surface area (Å²) in [6.45, 7) is 3.03. The average Bonchev–Trinajstić information content (AvgIpc) is 2.75. The first-order chi connectivity index (χ1) is 16.0. The molecule has 0 amide bonds. The number of esters is 4. The van der Waals surface area contributed by atoms with E-state index in [1.165, 1.54) is 12.1 Å². The van der Waals surface area contributed by atoms with Gasteiger partial charge in [0.1, 0.15) is 11.6 Å². The number of benzene rings is 1. The van der Waals surface area contributed by atoms with Gasteiger partial charge in [-0.15, -0.1) is 0 Å². The largest absolute Gasteiger partial charge is 0.467 e. The number of rotatable bonds is 7. The van der Waals surface area contributed by atoms with Crippen LogP contribution in [0, 0.1) is 21.4 Å². The van der Waals surface area contributed by atoms with E-state index < -0.39 is 70.9 Å². The van der Waals surface area contributed by atoms with Gasteiger partial charge in [-0.25, -0.2) is 4.79 Å². The zero-order valence-electron chi connectivity index (χ0n) is 18.4. The molecule has 0 bridgehead atoms. The monoisotopic (exact) mass is 480 g/mol. The number of para-hydroxylation sites is 1. The molecule has 0 saturated carbocycles. The van der Waals surface area contributed by atoms with Crippen LogP contribution in [-0.2, 0) is 42.9 Å². The van der Waals surface area contributed by atoms with Gasteiger partial charge >= 0.3 is 29.6 Å². The first kappa shape index (κ1) is 26.0. The van der Waals surface area contributed by atoms with E-state index in [9.17, 15) is 34.6 Å². The SMILES string of the molecule is COC(=O)[C@H]1O[C@@H](Oc2cccc(C#N)c2[N+](=O)[O-])[C@H](OC(C)=O)[C@@H](OC(C)=O)[C@@H]1OC(C)=O. The Morgan fingerprint density at radius 1 is 1.00 bits per heavy atom. The van der Waals surface area contributed by atoms with Gasteiger partial charge in [0.05, 0.1) is 12.0 Å². The Morgan fingerprint density at radius 2 is 1.56 bits per heavy atom. The second-order valence-corrected chi connectivity index (χ2v) is 6.81. The molecule has 0 N–H and O–H groups in total. The van der Waals surface area contributed by atoms with Gasteiger partial charge in [-0.3, -0.25) is 24.5 Å². The smallest absolute Gasteiger partial charge is 0.339 e. The number of nitro groups is 1. The number of hydrogen-bond acceptors (Lipinski definition) is 13. The van der Waals surface area contributed by atoms with Gasteiger partial charge in [0.25, 0.3) is 0 Å². The molecular formula is C20H20N2O12. The van der Waals surface area contributed by atoms with Crippen molar-refractivity contribution in [3.05, 3.63) is 33.9 Å². The third-order valence-electron chi connectivity index (χ3n) is 4.38. The first-order valence-corrected chi connectivity index (χ1v) is 9.59. The Morgan fingerprint density at radius 3 is 2.06 bits per heavy atom. The molecule has 0 unspecified atom stereocenters. The van der Waals surface area contributed by atoms with E-state index >= 15 is 0 Å². The summed E-state index contributed by atoms with van der Waals surface area (Å²) in [5, 5.41) is 20.7. The van der Waals surface area contributed by atoms with Crippen LogP contribution in [0.3, 0.4) is 0 Å². The lowest BCUT2D eigenvalue weighted by molar-refractivity contribution is -0.387. The Hall–Kier alpha value is -4.25. The van der Waals surface area contributed by atoms with Crippen molar-refractivity contribution >= 4 is 29.6 Å². The fourth-order valence-corrected chi connectivity index (χ4v) is 3.20. The lowest BCUT2D eigenvalue weighted by atomic mass is 9.97. The van der Waals surface area contributed by atoms with Gasteiger partial charge in [-0.05, 0) is 12.1 Å². The number of methoxy groups -OCH3 is 1. The summed E-state index contributed by atoms with van der Waals surface area (Å²) in [6.07, 6.45) is -8.45. The van der Waals surface area contributed by atoms with Crippen molar-refractivity contribution in [2.24, 2.45) is 0 Å². The molecule has 5 atom stereocenters. The Balaban J connectivity index is 2.63. The maximum Gasteiger partial charge on any atom is 0.339 e. The second kappa shape index (κ2) is 11.1. The van der Waals surface area contributed by atoms with E-state index in [-0.39, 0.29) is 5.56 Å². The summed E-state index contributed by atoms with van der Waals surface area (Å²) in [5.74, 6) is -4.24. The minimum atomic E-state index is -1.79. The van der Waals surface area contributed by atoms with Crippen LogP contribution >= 0.6 is 0 Å². The third-order valence-corrected chi connectivity index (χ3v) is 4.38. The van der Waals surface area contributed by atoms with Gasteiger partial charge < -0.3 is 28.4 Å². The third kappa shape index (κ3) is 5.95. The molecule has 2 rings (SSSR count). The van der Waals surface area contributed by atoms with E-state index in [4.69, 9.17) is 23.7 Å². The molecule has 1 saturated heterocycles. The summed E-state index contributed by atoms with van der Waals surface area (Å²) < 4.78 is 31.2. The zero-order chi connectivity index (χ0) is 25.6. The molecule has 14 heteroatoms. The minimum absolute atomic E-state index is 0.346. The number of nitrogens with zero attached hydrogens (tertiary/aromatic N) is 2. The molecule has 14 nitrogen and oxygen atoms in total. The molecule has 1 aromatic carbocycles. The van der Waals surface area contributed by atoms with Gasteiger partial charge in [0, 0.05) is 20.8 Å². The number of nitriles is 1. The fourth-order valence-electron chi connectivity index (χ4n) is 3.20. The highest BCUT2D eigenvalue weighted by atomic mass is 16.7. The lowest BCUT2D eigenvalue weighted by Gasteiger charge is -2.42. The summed E-state index contributed by atoms with van der Waals surface area (Å²) in [7, 11) is 1.01. The van der Waals surface area contributed by atoms with Crippen LogP contribution in [-0.4, -0.2) is 66.6 Å². The normalized spacial score (nSPS) is 23.6. The summed E-state index contributed by atoms with van der Waals surface area (Å²) in [6, 6.07) is 5.24. The lowest BCUT2D eigenvalue weighted by Crippen LogP contribution is -2.64. The second-order valence-electron chi connectivity index (χ2n) is 6.81. The summed E-state index contributed by atoms with van der Waals surface area (Å²) >= 11 is 0. The molecule has 0 aromatic heterocycles. The molecule has 1 aromatic rings. The van der Waals surface area contributed by atoms with Crippen molar-refractivity contribution in [3.63, 3.8) is 0 Å². The highest BCUT2D eigenvalue weighted by Gasteiger charge is 2.56. The van der Waals surface area contributed by atoms with Crippen LogP contribution in [0.4, 0.5) is 5.69 Å². The van der Waals surface area contributed by atoms with Crippen molar-refractivity contribution in [2.75, 3.05) is 7.11 Å². The minimum Gasteiger partial charge on any atom is -0.467 e. The maximum absolute atomic E-state index is 12.4. The molecule has 34 heavy (non-hydrogen) atoms. The van der Waals surface area contributed by atoms with Gasteiger partial charge in [-0.2, -0.15) is 5.26 Å². The molecule has 0 aliphatic carbocycles. The standard InChI is InChI=1S/C20H20N2O12/c1-9(23)30-15-16(31-10(2)24)18(32-11(3)25)20(34-17(15)19(26)29-4)33-13-7-5-6-12(8-21)14(13)22(27)28/h5-7,15-18,20H,1-4H3/t15-,16-,17-,18+,20+/m0/s1. The van der Waals surface area contributed by atoms with Gasteiger partial charge in [0.15, 0.2) is 18.3 Å². The number of hydrogen-bond donors (Lipinski definition) is 0. The Labute approximate surface area is 192 Å². The zero-order valence-corrected chi connectivity index (χ0v) is 18.4. The van der Waals surface area contributed by atoms with E-state index in [1.54, 1.807) is 6.07 Å². The van der Waals surface area contributed by atoms with E-state index in [2.05, 4.69) is 4.74 Å². The van der Waals surface area contributed by atoms with Gasteiger partial charge in [-0.1, -0.05) is 6.07 Å². The molecule has 182 valence electrons. The topological polar surface area (TPSA) is 191 Å². The molecule has 1 fully saturated rings. The maximum atomic E-state index is 12.4. The van der Waals surface area contributed by atoms with Crippen LogP contribution < -0.4 is 4.74 Å². The van der Waals surface area contributed by atoms with E-state index in [1.807, 2.05) is 0 Å². The van der Waals surface area contributed by atoms with E-state index in [0.717, 1.165) is 33.9 Å². The van der Waals surface area contributed by atoms with Crippen LogP contribution in [0.15, 0.2) is 18.2 Å². The van der Waals surface area contributed by atoms with Gasteiger partial charge in [0.2, 0.25) is 18.1 Å². The Bertz CT molecular complexity index is 1030. The highest BCUT2D eigenvalue weighted by molar-refractivity contribution is 5.77. The number of carbonyl (C=O) groups is 4. The number of carbonyl (C=O) groups excluding carboxylic acids is 4. The molecule has 1 aliphatic heterocycles. The van der Waals surface area contributed by atoms with Crippen molar-refractivity contribution < 1.29 is 52.5 Å². The molecular weight excluding hydrogens is 460 g/mol. The van der Waals surface area contributed by atoms with E-state index in [0.29, 0.717) is 0 Å². The van der Waals surface area contributed by atoms with Crippen LogP contribution in [0.25, 0.3) is 0 Å². The van der Waals surface area contributed by atoms with Crippen LogP contribution in [0.2, 0.25) is 0 Å². The fraction of sp³-hybridized carbons (Fsp3) is 0.450. The van der Waals surface area contributed by atoms with Crippen molar-refractivity contribution in [1.82, 2.24) is 0 Å². The number of ether oxygens (including phenoxy) is 6. The van der Waals surface area contributed by atoms with Crippen molar-refractivity contribution in [3.8, 4) is 11.8 Å². The number of nitro benzene ring substituents is 1. The Kier molecular flexibility index (Phi) is 8.46. The molecule has 1 heterocycles. The summed E-state index contributed by atoms with van der Waals surface area (Å²) in [5.41, 5.74) is -1.07. The molecule has 0 radical (unpaired) electrons. The van der Waals surface area contributed by atoms with Crippen LogP contribution in [0.5, 0.6) is 5.75 Å². The summed E-state index contributed by atoms with van der Waals surface area (Å²) in [4.78, 5) is 58.3. The average molecular weight is 480 g/mol. The molecule has 0 spiro atoms. The van der Waals surface area contributed by atoms with Crippen molar-refractivity contribution in [2.45, 2.75) is 51.5 Å². The quantitative estimate of drug-likeness (QED) is 0.227. The predicted octanol–water partition coefficient (Wildman–Crippen LogP) is 0.538. The predicted molar refractivity (Wildman–Crippen MR) is 106 cm³/mol.